The second-order valence-corrected chi connectivity index (χ2v) is 10.4. The van der Waals surface area contributed by atoms with Crippen LogP contribution in [0.3, 0.4) is 0 Å². The maximum absolute atomic E-state index is 12.5. The van der Waals surface area contributed by atoms with E-state index in [-0.39, 0.29) is 16.3 Å². The lowest BCUT2D eigenvalue weighted by atomic mass is 10.1. The van der Waals surface area contributed by atoms with Gasteiger partial charge in [0.15, 0.2) is 0 Å². The summed E-state index contributed by atoms with van der Waals surface area (Å²) in [6.07, 6.45) is 2.31. The first-order chi connectivity index (χ1) is 12.8. The van der Waals surface area contributed by atoms with E-state index in [1.165, 1.54) is 28.6 Å². The first kappa shape index (κ1) is 20.0. The van der Waals surface area contributed by atoms with Gasteiger partial charge in [0.1, 0.15) is 0 Å². The molecule has 8 heteroatoms. The summed E-state index contributed by atoms with van der Waals surface area (Å²) < 4.78 is 54.0. The van der Waals surface area contributed by atoms with Gasteiger partial charge in [-0.15, -0.1) is 0 Å². The van der Waals surface area contributed by atoms with Gasteiger partial charge in [0.2, 0.25) is 20.0 Å². The Morgan fingerprint density at radius 2 is 1.48 bits per heavy atom. The Balaban J connectivity index is 1.67. The highest BCUT2D eigenvalue weighted by molar-refractivity contribution is 7.89. The molecule has 0 bridgehead atoms. The second kappa shape index (κ2) is 8.10. The van der Waals surface area contributed by atoms with E-state index in [0.717, 1.165) is 24.0 Å². The topological polar surface area (TPSA) is 83.5 Å². The molecule has 0 saturated carbocycles. The van der Waals surface area contributed by atoms with Gasteiger partial charge in [-0.1, -0.05) is 24.3 Å². The van der Waals surface area contributed by atoms with Crippen LogP contribution in [-0.4, -0.2) is 40.8 Å². The van der Waals surface area contributed by atoms with Crippen molar-refractivity contribution in [1.29, 1.82) is 0 Å². The molecule has 0 radical (unpaired) electrons. The summed E-state index contributed by atoms with van der Waals surface area (Å²) in [5, 5.41) is 0. The summed E-state index contributed by atoms with van der Waals surface area (Å²) in [5.41, 5.74) is 2.21. The van der Waals surface area contributed by atoms with Gasteiger partial charge in [-0.25, -0.2) is 21.6 Å². The Bertz CT molecular complexity index is 994. The fourth-order valence-corrected chi connectivity index (χ4v) is 5.71. The number of aryl methyl sites for hydroxylation is 1. The largest absolute Gasteiger partial charge is 0.243 e. The lowest BCUT2D eigenvalue weighted by molar-refractivity contribution is 0.477. The number of benzene rings is 2. The third-order valence-corrected chi connectivity index (χ3v) is 8.17. The minimum atomic E-state index is -3.68. The van der Waals surface area contributed by atoms with Crippen LogP contribution in [0, 0.1) is 6.92 Å². The Hall–Kier alpha value is -1.74. The van der Waals surface area contributed by atoms with Gasteiger partial charge < -0.3 is 0 Å². The molecule has 0 amide bonds. The van der Waals surface area contributed by atoms with Crippen molar-refractivity contribution in [3.05, 3.63) is 59.7 Å². The van der Waals surface area contributed by atoms with Gasteiger partial charge >= 0.3 is 0 Å². The molecule has 2 aromatic carbocycles. The molecule has 0 spiro atoms. The molecule has 1 aliphatic rings. The zero-order chi connectivity index (χ0) is 19.5. The zero-order valence-electron chi connectivity index (χ0n) is 15.3. The first-order valence-corrected chi connectivity index (χ1v) is 11.9. The number of sulfonamides is 2. The van der Waals surface area contributed by atoms with Gasteiger partial charge in [-0.3, -0.25) is 0 Å². The summed E-state index contributed by atoms with van der Waals surface area (Å²) in [4.78, 5) is 0.191. The van der Waals surface area contributed by atoms with E-state index in [1.54, 1.807) is 0 Å². The molecule has 6 nitrogen and oxygen atoms in total. The van der Waals surface area contributed by atoms with Crippen LogP contribution in [0.5, 0.6) is 0 Å². The van der Waals surface area contributed by atoms with Crippen LogP contribution in [-0.2, 0) is 26.5 Å². The molecule has 1 aliphatic heterocycles. The minimum Gasteiger partial charge on any atom is -0.211 e. The fourth-order valence-electron chi connectivity index (χ4n) is 3.16. The molecule has 3 rings (SSSR count). The van der Waals surface area contributed by atoms with Crippen LogP contribution in [0.15, 0.2) is 58.3 Å². The maximum atomic E-state index is 12.5. The molecule has 0 aromatic heterocycles. The number of nitrogens with zero attached hydrogens (tertiary/aromatic N) is 1. The lowest BCUT2D eigenvalue weighted by Crippen LogP contribution is -2.28. The summed E-state index contributed by atoms with van der Waals surface area (Å²) in [5.74, 6) is 0. The van der Waals surface area contributed by atoms with E-state index in [1.807, 2.05) is 31.2 Å². The molecule has 1 heterocycles. The summed E-state index contributed by atoms with van der Waals surface area (Å²) in [6.45, 7) is 3.30. The second-order valence-electron chi connectivity index (χ2n) is 6.66. The molecule has 1 saturated heterocycles. The molecule has 0 aliphatic carbocycles. The average molecular weight is 409 g/mol. The van der Waals surface area contributed by atoms with Crippen LogP contribution in [0.1, 0.15) is 24.0 Å². The van der Waals surface area contributed by atoms with Gasteiger partial charge in [-0.2, -0.15) is 4.31 Å². The SMILES string of the molecule is Cc1ccccc1CCNS(=O)(=O)c1ccc(S(=O)(=O)N2CCCC2)cc1. The van der Waals surface area contributed by atoms with E-state index in [2.05, 4.69) is 4.72 Å². The standard InChI is InChI=1S/C19H24N2O4S2/c1-16-6-2-3-7-17(16)12-13-20-26(22,23)18-8-10-19(11-9-18)27(24,25)21-14-4-5-15-21/h2-3,6-11,20H,4-5,12-15H2,1H3. The van der Waals surface area contributed by atoms with Crippen molar-refractivity contribution in [2.75, 3.05) is 19.6 Å². The first-order valence-electron chi connectivity index (χ1n) is 8.95. The van der Waals surface area contributed by atoms with Crippen LogP contribution in [0.2, 0.25) is 0 Å². The van der Waals surface area contributed by atoms with Crippen molar-refractivity contribution in [1.82, 2.24) is 9.03 Å². The Kier molecular flexibility index (Phi) is 6.00. The molecule has 1 N–H and O–H groups in total. The van der Waals surface area contributed by atoms with Crippen molar-refractivity contribution in [2.45, 2.75) is 36.0 Å². The zero-order valence-corrected chi connectivity index (χ0v) is 16.9. The summed E-state index contributed by atoms with van der Waals surface area (Å²) >= 11 is 0. The molecule has 2 aromatic rings. The van der Waals surface area contributed by atoms with E-state index in [0.29, 0.717) is 19.5 Å². The molecule has 0 unspecified atom stereocenters. The van der Waals surface area contributed by atoms with Crippen LogP contribution in [0.25, 0.3) is 0 Å². The number of nitrogens with one attached hydrogen (secondary N) is 1. The predicted molar refractivity (Wildman–Crippen MR) is 105 cm³/mol. The maximum Gasteiger partial charge on any atom is 0.243 e. The molecule has 1 fully saturated rings. The third-order valence-electron chi connectivity index (χ3n) is 4.78. The number of rotatable bonds is 7. The predicted octanol–water partition coefficient (Wildman–Crippen LogP) is 2.30. The van der Waals surface area contributed by atoms with Crippen molar-refractivity contribution < 1.29 is 16.8 Å². The minimum absolute atomic E-state index is 0.0626. The number of hydrogen-bond acceptors (Lipinski definition) is 4. The fraction of sp³-hybridized carbons (Fsp3) is 0.368. The van der Waals surface area contributed by atoms with Crippen molar-refractivity contribution >= 4 is 20.0 Å². The van der Waals surface area contributed by atoms with Crippen LogP contribution >= 0.6 is 0 Å². The van der Waals surface area contributed by atoms with Crippen LogP contribution < -0.4 is 4.72 Å². The Labute approximate surface area is 161 Å². The van der Waals surface area contributed by atoms with Gasteiger partial charge in [0, 0.05) is 19.6 Å². The van der Waals surface area contributed by atoms with E-state index < -0.39 is 20.0 Å². The van der Waals surface area contributed by atoms with Crippen molar-refractivity contribution in [3.63, 3.8) is 0 Å². The highest BCUT2D eigenvalue weighted by atomic mass is 32.2. The lowest BCUT2D eigenvalue weighted by Gasteiger charge is -2.15. The summed E-state index contributed by atoms with van der Waals surface area (Å²) in [6, 6.07) is 13.3. The molecule has 146 valence electrons. The van der Waals surface area contributed by atoms with Gasteiger partial charge in [0.25, 0.3) is 0 Å². The molecular weight excluding hydrogens is 384 g/mol. The van der Waals surface area contributed by atoms with E-state index >= 15 is 0 Å². The summed E-state index contributed by atoms with van der Waals surface area (Å²) in [7, 11) is -7.22. The number of hydrogen-bond donors (Lipinski definition) is 1. The quantitative estimate of drug-likeness (QED) is 0.762. The van der Waals surface area contributed by atoms with Crippen LogP contribution in [0.4, 0.5) is 0 Å². The Morgan fingerprint density at radius 1 is 0.889 bits per heavy atom. The van der Waals surface area contributed by atoms with E-state index in [4.69, 9.17) is 0 Å². The molecule has 27 heavy (non-hydrogen) atoms. The smallest absolute Gasteiger partial charge is 0.211 e. The van der Waals surface area contributed by atoms with Crippen molar-refractivity contribution in [2.24, 2.45) is 0 Å². The van der Waals surface area contributed by atoms with Gasteiger partial charge in [-0.05, 0) is 61.6 Å². The van der Waals surface area contributed by atoms with Gasteiger partial charge in [0.05, 0.1) is 9.79 Å². The van der Waals surface area contributed by atoms with E-state index in [9.17, 15) is 16.8 Å². The van der Waals surface area contributed by atoms with Crippen molar-refractivity contribution in [3.8, 4) is 0 Å². The normalized spacial score (nSPS) is 15.9. The molecule has 0 atom stereocenters. The monoisotopic (exact) mass is 408 g/mol. The highest BCUT2D eigenvalue weighted by Crippen LogP contribution is 2.22. The highest BCUT2D eigenvalue weighted by Gasteiger charge is 2.27. The Morgan fingerprint density at radius 3 is 2.11 bits per heavy atom. The molecular formula is C19H24N2O4S2. The average Bonchev–Trinajstić information content (AvgIpc) is 3.19. The third kappa shape index (κ3) is 4.57.